The number of hydrogen-bond donors (Lipinski definition) is 1. The van der Waals surface area contributed by atoms with Gasteiger partial charge in [-0.3, -0.25) is 0 Å². The Kier molecular flexibility index (Phi) is 3.66. The van der Waals surface area contributed by atoms with Crippen molar-refractivity contribution in [3.63, 3.8) is 0 Å². The van der Waals surface area contributed by atoms with E-state index in [1.807, 2.05) is 24.3 Å². The summed E-state index contributed by atoms with van der Waals surface area (Å²) >= 11 is 11.6. The third kappa shape index (κ3) is 2.99. The zero-order valence-electron chi connectivity index (χ0n) is 8.95. The minimum absolute atomic E-state index is 0.280. The van der Waals surface area contributed by atoms with Gasteiger partial charge in [-0.15, -0.1) is 0 Å². The predicted octanol–water partition coefficient (Wildman–Crippen LogP) is 3.54. The maximum absolute atomic E-state index is 5.78. The molecule has 0 aliphatic carbocycles. The number of hydrogen-bond acceptors (Lipinski definition) is 4. The van der Waals surface area contributed by atoms with Crippen LogP contribution in [0.25, 0.3) is 0 Å². The summed E-state index contributed by atoms with van der Waals surface area (Å²) in [7, 11) is 1.59. The minimum atomic E-state index is 0.280. The molecule has 1 heterocycles. The van der Waals surface area contributed by atoms with E-state index >= 15 is 0 Å². The SMILES string of the molecule is COc1ccccc1Nc1nc(Cl)cc(Cl)n1. The van der Waals surface area contributed by atoms with Crippen molar-refractivity contribution in [2.45, 2.75) is 0 Å². The summed E-state index contributed by atoms with van der Waals surface area (Å²) in [5.41, 5.74) is 0.744. The normalized spacial score (nSPS) is 10.1. The molecule has 0 unspecified atom stereocenters. The zero-order chi connectivity index (χ0) is 12.3. The van der Waals surface area contributed by atoms with Gasteiger partial charge in [-0.1, -0.05) is 35.3 Å². The minimum Gasteiger partial charge on any atom is -0.495 e. The van der Waals surface area contributed by atoms with Gasteiger partial charge in [-0.05, 0) is 12.1 Å². The van der Waals surface area contributed by atoms with Crippen LogP contribution in [-0.2, 0) is 0 Å². The van der Waals surface area contributed by atoms with E-state index in [4.69, 9.17) is 27.9 Å². The molecule has 0 amide bonds. The number of methoxy groups -OCH3 is 1. The fourth-order valence-electron chi connectivity index (χ4n) is 1.31. The molecule has 0 aliphatic rings. The van der Waals surface area contributed by atoms with Crippen molar-refractivity contribution in [1.82, 2.24) is 9.97 Å². The van der Waals surface area contributed by atoms with Crippen molar-refractivity contribution in [2.75, 3.05) is 12.4 Å². The number of ether oxygens (including phenoxy) is 1. The number of nitrogens with one attached hydrogen (secondary N) is 1. The summed E-state index contributed by atoms with van der Waals surface area (Å²) in [6.07, 6.45) is 0. The Hall–Kier alpha value is -1.52. The maximum atomic E-state index is 5.78. The van der Waals surface area contributed by atoms with Crippen LogP contribution in [0.5, 0.6) is 5.75 Å². The van der Waals surface area contributed by atoms with Gasteiger partial charge < -0.3 is 10.1 Å². The van der Waals surface area contributed by atoms with Crippen LogP contribution in [-0.4, -0.2) is 17.1 Å². The molecule has 0 spiro atoms. The standard InChI is InChI=1S/C11H9Cl2N3O/c1-17-8-5-3-2-4-7(8)14-11-15-9(12)6-10(13)16-11/h2-6H,1H3,(H,14,15,16). The van der Waals surface area contributed by atoms with Gasteiger partial charge >= 0.3 is 0 Å². The van der Waals surface area contributed by atoms with E-state index in [1.165, 1.54) is 6.07 Å². The Labute approximate surface area is 109 Å². The van der Waals surface area contributed by atoms with E-state index < -0.39 is 0 Å². The third-order valence-corrected chi connectivity index (χ3v) is 2.40. The first-order valence-electron chi connectivity index (χ1n) is 4.79. The number of aromatic nitrogens is 2. The second-order valence-corrected chi connectivity index (χ2v) is 3.94. The molecule has 0 atom stereocenters. The molecule has 6 heteroatoms. The number of anilines is 2. The van der Waals surface area contributed by atoms with Crippen molar-refractivity contribution in [3.05, 3.63) is 40.6 Å². The molecule has 17 heavy (non-hydrogen) atoms. The van der Waals surface area contributed by atoms with Crippen molar-refractivity contribution < 1.29 is 4.74 Å². The number of benzene rings is 1. The van der Waals surface area contributed by atoms with Gasteiger partial charge in [0.2, 0.25) is 5.95 Å². The highest BCUT2D eigenvalue weighted by molar-refractivity contribution is 6.33. The van der Waals surface area contributed by atoms with Crippen LogP contribution in [0.3, 0.4) is 0 Å². The molecule has 0 fully saturated rings. The first-order valence-corrected chi connectivity index (χ1v) is 5.55. The Balaban J connectivity index is 2.31. The zero-order valence-corrected chi connectivity index (χ0v) is 10.5. The average molecular weight is 270 g/mol. The molecule has 0 saturated heterocycles. The smallest absolute Gasteiger partial charge is 0.230 e. The summed E-state index contributed by atoms with van der Waals surface area (Å²) in [5.74, 6) is 1.01. The molecule has 0 aliphatic heterocycles. The molecule has 1 N–H and O–H groups in total. The van der Waals surface area contributed by atoms with Crippen LogP contribution < -0.4 is 10.1 Å². The lowest BCUT2D eigenvalue weighted by atomic mass is 10.3. The van der Waals surface area contributed by atoms with Gasteiger partial charge in [0.1, 0.15) is 16.1 Å². The maximum Gasteiger partial charge on any atom is 0.230 e. The second kappa shape index (κ2) is 5.21. The number of rotatable bonds is 3. The lowest BCUT2D eigenvalue weighted by Gasteiger charge is -2.09. The molecule has 1 aromatic heterocycles. The monoisotopic (exact) mass is 269 g/mol. The third-order valence-electron chi connectivity index (χ3n) is 2.02. The van der Waals surface area contributed by atoms with Crippen molar-refractivity contribution in [1.29, 1.82) is 0 Å². The largest absolute Gasteiger partial charge is 0.495 e. The molecular weight excluding hydrogens is 261 g/mol. The fraction of sp³-hybridized carbons (Fsp3) is 0.0909. The molecular formula is C11H9Cl2N3O. The van der Waals surface area contributed by atoms with Gasteiger partial charge in [0.25, 0.3) is 0 Å². The topological polar surface area (TPSA) is 47.0 Å². The Morgan fingerprint density at radius 1 is 1.12 bits per heavy atom. The first kappa shape index (κ1) is 12.0. The van der Waals surface area contributed by atoms with E-state index in [9.17, 15) is 0 Å². The van der Waals surface area contributed by atoms with Gasteiger partial charge in [0, 0.05) is 6.07 Å². The molecule has 0 radical (unpaired) electrons. The summed E-state index contributed by atoms with van der Waals surface area (Å²) in [5, 5.41) is 3.55. The number of para-hydroxylation sites is 2. The summed E-state index contributed by atoms with van der Waals surface area (Å²) in [6, 6.07) is 8.88. The van der Waals surface area contributed by atoms with Crippen LogP contribution in [0.4, 0.5) is 11.6 Å². The van der Waals surface area contributed by atoms with Crippen LogP contribution in [0.2, 0.25) is 10.3 Å². The highest BCUT2D eigenvalue weighted by atomic mass is 35.5. The molecule has 1 aromatic carbocycles. The molecule has 2 aromatic rings. The van der Waals surface area contributed by atoms with Gasteiger partial charge in [-0.25, -0.2) is 9.97 Å². The van der Waals surface area contributed by atoms with Crippen LogP contribution in [0.1, 0.15) is 0 Å². The van der Waals surface area contributed by atoms with Crippen LogP contribution in [0.15, 0.2) is 30.3 Å². The molecule has 0 bridgehead atoms. The van der Waals surface area contributed by atoms with Gasteiger partial charge in [0.05, 0.1) is 12.8 Å². The van der Waals surface area contributed by atoms with E-state index in [0.717, 1.165) is 5.69 Å². The highest BCUT2D eigenvalue weighted by Crippen LogP contribution is 2.26. The highest BCUT2D eigenvalue weighted by Gasteiger charge is 2.05. The van der Waals surface area contributed by atoms with E-state index in [0.29, 0.717) is 11.7 Å². The fourth-order valence-corrected chi connectivity index (χ4v) is 1.74. The summed E-state index contributed by atoms with van der Waals surface area (Å²) in [6.45, 7) is 0. The van der Waals surface area contributed by atoms with Crippen LogP contribution in [0, 0.1) is 0 Å². The van der Waals surface area contributed by atoms with Crippen molar-refractivity contribution in [3.8, 4) is 5.75 Å². The molecule has 0 saturated carbocycles. The number of halogens is 2. The van der Waals surface area contributed by atoms with Crippen LogP contribution >= 0.6 is 23.2 Å². The Morgan fingerprint density at radius 2 is 1.76 bits per heavy atom. The Bertz CT molecular complexity index is 514. The van der Waals surface area contributed by atoms with Gasteiger partial charge in [-0.2, -0.15) is 0 Å². The van der Waals surface area contributed by atoms with Gasteiger partial charge in [0.15, 0.2) is 0 Å². The Morgan fingerprint density at radius 3 is 2.41 bits per heavy atom. The second-order valence-electron chi connectivity index (χ2n) is 3.16. The number of nitrogens with zero attached hydrogens (tertiary/aromatic N) is 2. The predicted molar refractivity (Wildman–Crippen MR) is 68.3 cm³/mol. The average Bonchev–Trinajstić information content (AvgIpc) is 2.28. The van der Waals surface area contributed by atoms with E-state index in [1.54, 1.807) is 7.11 Å². The quantitative estimate of drug-likeness (QED) is 0.866. The van der Waals surface area contributed by atoms with Crippen molar-refractivity contribution >= 4 is 34.8 Å². The first-order chi connectivity index (χ1) is 8.19. The molecule has 4 nitrogen and oxygen atoms in total. The lowest BCUT2D eigenvalue weighted by molar-refractivity contribution is 0.417. The van der Waals surface area contributed by atoms with E-state index in [-0.39, 0.29) is 10.3 Å². The lowest BCUT2D eigenvalue weighted by Crippen LogP contribution is -1.99. The van der Waals surface area contributed by atoms with Crippen molar-refractivity contribution in [2.24, 2.45) is 0 Å². The van der Waals surface area contributed by atoms with E-state index in [2.05, 4.69) is 15.3 Å². The summed E-state index contributed by atoms with van der Waals surface area (Å²) in [4.78, 5) is 8.02. The molecule has 2 rings (SSSR count). The molecule has 88 valence electrons. The summed E-state index contributed by atoms with van der Waals surface area (Å²) < 4.78 is 5.19.